The lowest BCUT2D eigenvalue weighted by atomic mass is 9.74. The summed E-state index contributed by atoms with van der Waals surface area (Å²) in [5.74, 6) is -2.68. The number of hydrogen-bond donors (Lipinski definition) is 1. The van der Waals surface area contributed by atoms with Crippen LogP contribution in [0.4, 0.5) is 13.2 Å². The number of carbonyl (C=O) groups is 3. The molecule has 2 aromatic rings. The third-order valence-corrected chi connectivity index (χ3v) is 9.70. The lowest BCUT2D eigenvalue weighted by Crippen LogP contribution is -2.47. The number of halogens is 5. The van der Waals surface area contributed by atoms with Crippen molar-refractivity contribution in [2.24, 2.45) is 5.41 Å². The fraction of sp³-hybridized carbons (Fsp3) is 0.607. The number of Topliss-reactive ketones (excluding diaryl/α,β-unsaturated/α-hetero) is 1. The molecule has 1 aliphatic carbocycles. The first kappa shape index (κ1) is 30.7. The molecule has 1 N–H and O–H groups in total. The summed E-state index contributed by atoms with van der Waals surface area (Å²) >= 11 is 12.3. The number of ether oxygens (including phenoxy) is 1. The van der Waals surface area contributed by atoms with Crippen LogP contribution < -0.4 is 0 Å². The van der Waals surface area contributed by atoms with Gasteiger partial charge in [-0.2, -0.15) is 18.3 Å². The lowest BCUT2D eigenvalue weighted by Gasteiger charge is -2.35. The van der Waals surface area contributed by atoms with E-state index in [9.17, 15) is 32.7 Å². The molecule has 2 saturated heterocycles. The standard InChI is InChI=1S/C28H31Cl2F3N4O5/c1-25(24(40)41)5-3-16(4-6-25)37-22(28(31,32)33)17(11-35-37)23(39)36(15-27-9-7-26(2,42-27)8-10-27)14-20(38)21-18(29)12-34-13-19(21)30/h11-13,16H,3-10,14-15H2,1-2H3,(H,40,41). The van der Waals surface area contributed by atoms with Crippen LogP contribution in [-0.2, 0) is 15.7 Å². The molecular formula is C28H31Cl2F3N4O5. The quantitative estimate of drug-likeness (QED) is 0.343. The minimum atomic E-state index is -4.95. The molecule has 9 nitrogen and oxygen atoms in total. The Morgan fingerprint density at radius 2 is 1.64 bits per heavy atom. The summed E-state index contributed by atoms with van der Waals surface area (Å²) in [5, 5.41) is 13.4. The number of aromatic nitrogens is 3. The van der Waals surface area contributed by atoms with Crippen LogP contribution in [0, 0.1) is 5.41 Å². The largest absolute Gasteiger partial charge is 0.481 e. The second kappa shape index (κ2) is 10.8. The number of rotatable bonds is 8. The number of alkyl halides is 3. The number of fused-ring (bicyclic) bond motifs is 2. The Labute approximate surface area is 250 Å². The van der Waals surface area contributed by atoms with Gasteiger partial charge in [0, 0.05) is 12.4 Å². The number of hydrogen-bond acceptors (Lipinski definition) is 6. The molecule has 228 valence electrons. The highest BCUT2D eigenvalue weighted by Crippen LogP contribution is 2.51. The van der Waals surface area contributed by atoms with E-state index in [1.54, 1.807) is 6.92 Å². The predicted molar refractivity (Wildman–Crippen MR) is 146 cm³/mol. The summed E-state index contributed by atoms with van der Waals surface area (Å²) in [6.07, 6.45) is 1.65. The minimum Gasteiger partial charge on any atom is -0.481 e. The zero-order valence-corrected chi connectivity index (χ0v) is 24.7. The number of carboxylic acids is 1. The summed E-state index contributed by atoms with van der Waals surface area (Å²) < 4.78 is 50.8. The van der Waals surface area contributed by atoms with Crippen LogP contribution in [0.1, 0.15) is 97.7 Å². The van der Waals surface area contributed by atoms with Gasteiger partial charge in [0.2, 0.25) is 0 Å². The van der Waals surface area contributed by atoms with Crippen molar-refractivity contribution in [2.45, 2.75) is 88.6 Å². The van der Waals surface area contributed by atoms with Crippen molar-refractivity contribution in [3.05, 3.63) is 45.5 Å². The average molecular weight is 631 g/mol. The second-order valence-corrected chi connectivity index (χ2v) is 13.1. The van der Waals surface area contributed by atoms with E-state index < -0.39 is 58.7 Å². The summed E-state index contributed by atoms with van der Waals surface area (Å²) in [5.41, 5.74) is -4.22. The van der Waals surface area contributed by atoms with Gasteiger partial charge in [-0.25, -0.2) is 0 Å². The average Bonchev–Trinajstić information content (AvgIpc) is 3.59. The van der Waals surface area contributed by atoms with E-state index in [0.717, 1.165) is 28.6 Å². The van der Waals surface area contributed by atoms with Crippen LogP contribution in [0.15, 0.2) is 18.6 Å². The Bertz CT molecular complexity index is 1390. The van der Waals surface area contributed by atoms with Crippen molar-refractivity contribution in [3.8, 4) is 0 Å². The van der Waals surface area contributed by atoms with Crippen LogP contribution in [-0.4, -0.2) is 66.7 Å². The molecule has 0 radical (unpaired) electrons. The molecule has 2 aliphatic heterocycles. The van der Waals surface area contributed by atoms with Crippen LogP contribution >= 0.6 is 23.2 Å². The number of carboxylic acid groups (broad SMARTS) is 1. The monoisotopic (exact) mass is 630 g/mol. The first-order valence-corrected chi connectivity index (χ1v) is 14.5. The van der Waals surface area contributed by atoms with Gasteiger partial charge in [-0.1, -0.05) is 23.2 Å². The highest BCUT2D eigenvalue weighted by atomic mass is 35.5. The van der Waals surface area contributed by atoms with E-state index in [-0.39, 0.29) is 53.4 Å². The van der Waals surface area contributed by atoms with Gasteiger partial charge in [0.15, 0.2) is 11.5 Å². The van der Waals surface area contributed by atoms with Gasteiger partial charge in [-0.3, -0.25) is 24.0 Å². The molecule has 2 aromatic heterocycles. The molecule has 3 fully saturated rings. The van der Waals surface area contributed by atoms with E-state index in [0.29, 0.717) is 12.8 Å². The van der Waals surface area contributed by atoms with Crippen LogP contribution in [0.25, 0.3) is 0 Å². The van der Waals surface area contributed by atoms with Crippen molar-refractivity contribution >= 4 is 40.9 Å². The predicted octanol–water partition coefficient (Wildman–Crippen LogP) is 6.24. The number of carbonyl (C=O) groups excluding carboxylic acids is 2. The maximum Gasteiger partial charge on any atom is 0.433 e. The van der Waals surface area contributed by atoms with E-state index in [2.05, 4.69) is 10.1 Å². The number of nitrogens with zero attached hydrogens (tertiary/aromatic N) is 4. The highest BCUT2D eigenvalue weighted by Gasteiger charge is 2.54. The van der Waals surface area contributed by atoms with E-state index in [1.807, 2.05) is 6.92 Å². The molecule has 2 bridgehead atoms. The number of ketones is 1. The number of amides is 1. The summed E-state index contributed by atoms with van der Waals surface area (Å²) in [4.78, 5) is 43.9. The minimum absolute atomic E-state index is 0.0434. The molecule has 1 saturated carbocycles. The van der Waals surface area contributed by atoms with Gasteiger partial charge in [0.05, 0.1) is 63.1 Å². The molecule has 0 aromatic carbocycles. The molecule has 0 atom stereocenters. The molecule has 4 heterocycles. The highest BCUT2D eigenvalue weighted by molar-refractivity contribution is 6.39. The summed E-state index contributed by atoms with van der Waals surface area (Å²) in [7, 11) is 0. The van der Waals surface area contributed by atoms with Crippen LogP contribution in [0.5, 0.6) is 0 Å². The fourth-order valence-electron chi connectivity index (χ4n) is 6.58. The van der Waals surface area contributed by atoms with Crippen LogP contribution in [0.3, 0.4) is 0 Å². The van der Waals surface area contributed by atoms with Crippen molar-refractivity contribution < 1.29 is 37.4 Å². The van der Waals surface area contributed by atoms with Gasteiger partial charge in [0.25, 0.3) is 5.91 Å². The smallest absolute Gasteiger partial charge is 0.433 e. The third kappa shape index (κ3) is 5.65. The zero-order chi connectivity index (χ0) is 30.7. The normalized spacial score (nSPS) is 29.1. The molecule has 0 unspecified atom stereocenters. The molecule has 3 aliphatic rings. The topological polar surface area (TPSA) is 115 Å². The maximum atomic E-state index is 14.6. The van der Waals surface area contributed by atoms with Gasteiger partial charge < -0.3 is 14.7 Å². The van der Waals surface area contributed by atoms with Gasteiger partial charge >= 0.3 is 12.1 Å². The second-order valence-electron chi connectivity index (χ2n) is 12.2. The number of pyridine rings is 1. The SMILES string of the molecule is CC12CCC(CN(CC(=O)c3c(Cl)cncc3Cl)C(=O)c3cnn(C4CCC(C)(C(=O)O)CC4)c3C(F)(F)F)(CC1)O2. The van der Waals surface area contributed by atoms with Crippen molar-refractivity contribution in [2.75, 3.05) is 13.1 Å². The zero-order valence-electron chi connectivity index (χ0n) is 23.1. The molecule has 1 amide bonds. The first-order valence-electron chi connectivity index (χ1n) is 13.8. The Balaban J connectivity index is 1.49. The van der Waals surface area contributed by atoms with Crippen molar-refractivity contribution in [3.63, 3.8) is 0 Å². The fourth-order valence-corrected chi connectivity index (χ4v) is 7.15. The number of aliphatic carboxylic acids is 1. The van der Waals surface area contributed by atoms with Gasteiger partial charge in [-0.15, -0.1) is 0 Å². The lowest BCUT2D eigenvalue weighted by molar-refractivity contribution is -0.152. The Kier molecular flexibility index (Phi) is 7.89. The third-order valence-electron chi connectivity index (χ3n) is 9.13. The van der Waals surface area contributed by atoms with Crippen molar-refractivity contribution in [1.29, 1.82) is 0 Å². The molecule has 42 heavy (non-hydrogen) atoms. The maximum absolute atomic E-state index is 14.6. The van der Waals surface area contributed by atoms with E-state index in [1.165, 1.54) is 12.4 Å². The van der Waals surface area contributed by atoms with E-state index in [4.69, 9.17) is 27.9 Å². The Hall–Kier alpha value is -2.70. The molecule has 5 rings (SSSR count). The molecule has 14 heteroatoms. The Morgan fingerprint density at radius 1 is 1.05 bits per heavy atom. The first-order chi connectivity index (χ1) is 19.6. The molecular weight excluding hydrogens is 600 g/mol. The van der Waals surface area contributed by atoms with Crippen molar-refractivity contribution in [1.82, 2.24) is 19.7 Å². The van der Waals surface area contributed by atoms with E-state index >= 15 is 0 Å². The summed E-state index contributed by atoms with van der Waals surface area (Å²) in [6, 6.07) is -0.743. The van der Waals surface area contributed by atoms with Gasteiger partial charge in [0.1, 0.15) is 0 Å². The van der Waals surface area contributed by atoms with Gasteiger partial charge in [-0.05, 0) is 65.2 Å². The summed E-state index contributed by atoms with van der Waals surface area (Å²) in [6.45, 7) is 2.84. The van der Waals surface area contributed by atoms with Crippen LogP contribution in [0.2, 0.25) is 10.0 Å². The Morgan fingerprint density at radius 3 is 2.14 bits per heavy atom. The molecule has 0 spiro atoms.